The average molecular weight is 334 g/mol. The summed E-state index contributed by atoms with van der Waals surface area (Å²) in [6, 6.07) is 3.34. The first-order valence-corrected chi connectivity index (χ1v) is 8.75. The smallest absolute Gasteiger partial charge is 0.252 e. The molecule has 0 aliphatic heterocycles. The fraction of sp³-hybridized carbons (Fsp3) is 0.583. The number of rotatable bonds is 8. The highest BCUT2D eigenvalue weighted by atomic mass is 32.2. The molecule has 1 atom stereocenters. The molecule has 0 fully saturated rings. The number of hydrogen-bond acceptors (Lipinski definition) is 5. The number of methoxy groups -OCH3 is 1. The first-order chi connectivity index (χ1) is 9.87. The van der Waals surface area contributed by atoms with E-state index in [1.807, 2.05) is 6.92 Å². The van der Waals surface area contributed by atoms with E-state index in [1.54, 1.807) is 24.6 Å². The van der Waals surface area contributed by atoms with Gasteiger partial charge in [-0.25, -0.2) is 8.42 Å². The summed E-state index contributed by atoms with van der Waals surface area (Å²) in [6.07, 6.45) is 0. The van der Waals surface area contributed by atoms with Crippen molar-refractivity contribution in [1.82, 2.24) is 9.62 Å². The Morgan fingerprint density at radius 3 is 2.90 bits per heavy atom. The number of likely N-dealkylation sites (N-methyl/N-ethyl adjacent to an activating group) is 1. The van der Waals surface area contributed by atoms with Gasteiger partial charge in [-0.3, -0.25) is 4.99 Å². The number of hydrogen-bond donors (Lipinski definition) is 2. The van der Waals surface area contributed by atoms with Crippen molar-refractivity contribution >= 4 is 27.3 Å². The maximum absolute atomic E-state index is 12.2. The van der Waals surface area contributed by atoms with Crippen LogP contribution in [-0.2, 0) is 14.8 Å². The predicted molar refractivity (Wildman–Crippen MR) is 85.1 cm³/mol. The van der Waals surface area contributed by atoms with Gasteiger partial charge < -0.3 is 15.8 Å². The van der Waals surface area contributed by atoms with E-state index in [0.29, 0.717) is 17.4 Å². The van der Waals surface area contributed by atoms with Crippen LogP contribution in [0.15, 0.2) is 26.7 Å². The number of thiophene rings is 1. The Morgan fingerprint density at radius 2 is 2.33 bits per heavy atom. The molecule has 0 amide bonds. The van der Waals surface area contributed by atoms with Crippen molar-refractivity contribution < 1.29 is 13.2 Å². The Balaban J connectivity index is 2.48. The summed E-state index contributed by atoms with van der Waals surface area (Å²) in [6.45, 7) is 2.99. The van der Waals surface area contributed by atoms with Gasteiger partial charge in [-0.15, -0.1) is 11.3 Å². The van der Waals surface area contributed by atoms with E-state index in [9.17, 15) is 8.42 Å². The molecule has 0 saturated heterocycles. The van der Waals surface area contributed by atoms with Crippen LogP contribution in [0.4, 0.5) is 0 Å². The van der Waals surface area contributed by atoms with Gasteiger partial charge in [-0.2, -0.15) is 4.31 Å². The maximum Gasteiger partial charge on any atom is 0.252 e. The number of guanidine groups is 1. The monoisotopic (exact) mass is 334 g/mol. The number of nitrogens with two attached hydrogens (primary N) is 1. The van der Waals surface area contributed by atoms with E-state index in [1.165, 1.54) is 22.7 Å². The van der Waals surface area contributed by atoms with Crippen LogP contribution in [0.3, 0.4) is 0 Å². The van der Waals surface area contributed by atoms with E-state index in [2.05, 4.69) is 10.3 Å². The fourth-order valence-corrected chi connectivity index (χ4v) is 3.95. The Morgan fingerprint density at radius 1 is 1.62 bits per heavy atom. The minimum Gasteiger partial charge on any atom is -0.383 e. The van der Waals surface area contributed by atoms with Gasteiger partial charge in [0.05, 0.1) is 13.2 Å². The number of nitrogens with one attached hydrogen (secondary N) is 1. The molecule has 0 spiro atoms. The molecule has 0 aliphatic rings. The standard InChI is InChI=1S/C12H22N4O3S2/c1-10(9-19-3)15-12(13)14-6-7-16(2)21(17,18)11-5-4-8-20-11/h4-5,8,10H,6-7,9H2,1-3H3,(H3,13,14,15). The van der Waals surface area contributed by atoms with E-state index in [-0.39, 0.29) is 18.5 Å². The Kier molecular flexibility index (Phi) is 7.09. The lowest BCUT2D eigenvalue weighted by molar-refractivity contribution is 0.179. The SMILES string of the molecule is COCC(C)NC(N)=NCCN(C)S(=O)(=O)c1cccs1. The first-order valence-electron chi connectivity index (χ1n) is 6.43. The first kappa shape index (κ1) is 17.9. The molecule has 7 nitrogen and oxygen atoms in total. The quantitative estimate of drug-likeness (QED) is 0.527. The summed E-state index contributed by atoms with van der Waals surface area (Å²) in [7, 11) is -0.287. The van der Waals surface area contributed by atoms with Gasteiger partial charge in [0.15, 0.2) is 5.96 Å². The van der Waals surface area contributed by atoms with Crippen LogP contribution in [0.2, 0.25) is 0 Å². The van der Waals surface area contributed by atoms with Gasteiger partial charge >= 0.3 is 0 Å². The van der Waals surface area contributed by atoms with Gasteiger partial charge in [0.1, 0.15) is 4.21 Å². The van der Waals surface area contributed by atoms with Crippen LogP contribution in [0.5, 0.6) is 0 Å². The molecule has 1 aromatic heterocycles. The van der Waals surface area contributed by atoms with Gasteiger partial charge in [-0.05, 0) is 18.4 Å². The van der Waals surface area contributed by atoms with Crippen LogP contribution in [0.1, 0.15) is 6.92 Å². The summed E-state index contributed by atoms with van der Waals surface area (Å²) in [5.74, 6) is 0.279. The summed E-state index contributed by atoms with van der Waals surface area (Å²) < 4.78 is 30.9. The maximum atomic E-state index is 12.2. The Bertz CT molecular complexity index is 543. The summed E-state index contributed by atoms with van der Waals surface area (Å²) in [5, 5.41) is 4.69. The molecule has 1 aromatic rings. The van der Waals surface area contributed by atoms with Crippen LogP contribution in [0, 0.1) is 0 Å². The van der Waals surface area contributed by atoms with Gasteiger partial charge in [0.2, 0.25) is 0 Å². The van der Waals surface area contributed by atoms with Crippen molar-refractivity contribution in [3.63, 3.8) is 0 Å². The molecule has 3 N–H and O–H groups in total. The molecule has 0 saturated carbocycles. The molecule has 0 bridgehead atoms. The lowest BCUT2D eigenvalue weighted by Crippen LogP contribution is -2.41. The van der Waals surface area contributed by atoms with Crippen LogP contribution < -0.4 is 11.1 Å². The van der Waals surface area contributed by atoms with Crippen molar-refractivity contribution in [2.75, 3.05) is 33.9 Å². The normalized spacial score (nSPS) is 14.4. The van der Waals surface area contributed by atoms with Crippen molar-refractivity contribution in [2.45, 2.75) is 17.2 Å². The molecule has 0 radical (unpaired) electrons. The highest BCUT2D eigenvalue weighted by Crippen LogP contribution is 2.19. The van der Waals surface area contributed by atoms with E-state index >= 15 is 0 Å². The molecule has 0 aliphatic carbocycles. The molecular weight excluding hydrogens is 312 g/mol. The molecule has 9 heteroatoms. The zero-order chi connectivity index (χ0) is 15.9. The number of nitrogens with zero attached hydrogens (tertiary/aromatic N) is 2. The molecular formula is C12H22N4O3S2. The van der Waals surface area contributed by atoms with Crippen molar-refractivity contribution in [3.8, 4) is 0 Å². The topological polar surface area (TPSA) is 97.0 Å². The highest BCUT2D eigenvalue weighted by Gasteiger charge is 2.20. The summed E-state index contributed by atoms with van der Waals surface area (Å²) in [5.41, 5.74) is 5.71. The van der Waals surface area contributed by atoms with Crippen LogP contribution in [0.25, 0.3) is 0 Å². The number of ether oxygens (including phenoxy) is 1. The van der Waals surface area contributed by atoms with Crippen molar-refractivity contribution in [3.05, 3.63) is 17.5 Å². The second kappa shape index (κ2) is 8.32. The Hall–Kier alpha value is -1.16. The van der Waals surface area contributed by atoms with Crippen LogP contribution in [-0.4, -0.2) is 58.6 Å². The van der Waals surface area contributed by atoms with Crippen molar-refractivity contribution in [1.29, 1.82) is 0 Å². The fourth-order valence-electron chi connectivity index (χ4n) is 1.59. The second-order valence-electron chi connectivity index (χ2n) is 4.53. The summed E-state index contributed by atoms with van der Waals surface area (Å²) in [4.78, 5) is 4.11. The largest absolute Gasteiger partial charge is 0.383 e. The van der Waals surface area contributed by atoms with E-state index in [4.69, 9.17) is 10.5 Å². The zero-order valence-corrected chi connectivity index (χ0v) is 14.1. The third kappa shape index (κ3) is 5.62. The van der Waals surface area contributed by atoms with Gasteiger partial charge in [0.25, 0.3) is 10.0 Å². The third-order valence-electron chi connectivity index (χ3n) is 2.67. The lowest BCUT2D eigenvalue weighted by Gasteiger charge is -2.16. The minimum atomic E-state index is -3.42. The van der Waals surface area contributed by atoms with Crippen molar-refractivity contribution in [2.24, 2.45) is 10.7 Å². The number of sulfonamides is 1. The van der Waals surface area contributed by atoms with E-state index in [0.717, 1.165) is 0 Å². The average Bonchev–Trinajstić information content (AvgIpc) is 2.93. The summed E-state index contributed by atoms with van der Waals surface area (Å²) >= 11 is 1.20. The molecule has 0 aromatic carbocycles. The highest BCUT2D eigenvalue weighted by molar-refractivity contribution is 7.91. The Labute approximate surface area is 129 Å². The molecule has 21 heavy (non-hydrogen) atoms. The lowest BCUT2D eigenvalue weighted by atomic mass is 10.4. The number of aliphatic imine (C=N–C) groups is 1. The molecule has 120 valence electrons. The zero-order valence-electron chi connectivity index (χ0n) is 12.4. The minimum absolute atomic E-state index is 0.0475. The predicted octanol–water partition coefficient (Wildman–Crippen LogP) is 0.308. The molecule has 1 heterocycles. The van der Waals surface area contributed by atoms with Crippen LogP contribution >= 0.6 is 11.3 Å². The van der Waals surface area contributed by atoms with Gasteiger partial charge in [-0.1, -0.05) is 6.07 Å². The van der Waals surface area contributed by atoms with E-state index < -0.39 is 10.0 Å². The third-order valence-corrected chi connectivity index (χ3v) is 5.90. The second-order valence-corrected chi connectivity index (χ2v) is 7.75. The molecule has 1 unspecified atom stereocenters. The molecule has 1 rings (SSSR count). The van der Waals surface area contributed by atoms with Gasteiger partial charge in [0, 0.05) is 26.7 Å².